The second kappa shape index (κ2) is 3.31. The zero-order chi connectivity index (χ0) is 10.3. The number of rotatable bonds is 1. The molecule has 1 aromatic carbocycles. The van der Waals surface area contributed by atoms with Crippen molar-refractivity contribution in [1.82, 2.24) is 0 Å². The molecular weight excluding hydrogens is 202 g/mol. The summed E-state index contributed by atoms with van der Waals surface area (Å²) >= 11 is 1.59. The first-order valence-corrected chi connectivity index (χ1v) is 5.24. The maximum atomic E-state index is 12.7. The summed E-state index contributed by atoms with van der Waals surface area (Å²) in [4.78, 5) is 0. The number of benzene rings is 1. The third kappa shape index (κ3) is 1.32. The Bertz CT molecular complexity index is 471. The first kappa shape index (κ1) is 9.59. The minimum Gasteiger partial charge on any atom is -0.205 e. The van der Waals surface area contributed by atoms with Crippen molar-refractivity contribution in [1.29, 1.82) is 0 Å². The van der Waals surface area contributed by atoms with Crippen molar-refractivity contribution in [2.24, 2.45) is 0 Å². The topological polar surface area (TPSA) is 0 Å². The SMILES string of the molecule is Cc1cc2sccc2c(C)c1C(F)F. The maximum Gasteiger partial charge on any atom is 0.264 e. The minimum atomic E-state index is -2.38. The lowest BCUT2D eigenvalue weighted by atomic mass is 10.0. The largest absolute Gasteiger partial charge is 0.264 e. The molecule has 0 spiro atoms. The molecule has 3 heteroatoms. The quantitative estimate of drug-likeness (QED) is 0.654. The average molecular weight is 212 g/mol. The predicted octanol–water partition coefficient (Wildman–Crippen LogP) is 4.46. The number of alkyl halides is 2. The number of aryl methyl sites for hydroxylation is 2. The maximum absolute atomic E-state index is 12.7. The average Bonchev–Trinajstić information content (AvgIpc) is 2.50. The summed E-state index contributed by atoms with van der Waals surface area (Å²) in [7, 11) is 0. The van der Waals surface area contributed by atoms with Crippen LogP contribution in [0.25, 0.3) is 10.1 Å². The summed E-state index contributed by atoms with van der Waals surface area (Å²) in [5.41, 5.74) is 1.60. The van der Waals surface area contributed by atoms with E-state index in [1.165, 1.54) is 0 Å². The molecule has 0 nitrogen and oxygen atoms in total. The molecule has 1 heterocycles. The standard InChI is InChI=1S/C11H10F2S/c1-6-5-9-8(3-4-14-9)7(2)10(6)11(12)13/h3-5,11H,1-2H3. The molecule has 0 bridgehead atoms. The van der Waals surface area contributed by atoms with Crippen molar-refractivity contribution in [2.45, 2.75) is 20.3 Å². The Morgan fingerprint density at radius 3 is 2.64 bits per heavy atom. The molecule has 0 aliphatic rings. The normalized spacial score (nSPS) is 11.5. The monoisotopic (exact) mass is 212 g/mol. The Morgan fingerprint density at radius 2 is 2.00 bits per heavy atom. The first-order chi connectivity index (χ1) is 6.61. The fourth-order valence-corrected chi connectivity index (χ4v) is 2.74. The van der Waals surface area contributed by atoms with E-state index < -0.39 is 6.43 Å². The van der Waals surface area contributed by atoms with E-state index in [0.29, 0.717) is 5.56 Å². The van der Waals surface area contributed by atoms with Gasteiger partial charge in [0.15, 0.2) is 0 Å². The van der Waals surface area contributed by atoms with Crippen molar-refractivity contribution in [3.8, 4) is 0 Å². The van der Waals surface area contributed by atoms with Crippen molar-refractivity contribution in [3.05, 3.63) is 34.2 Å². The molecule has 0 amide bonds. The number of hydrogen-bond donors (Lipinski definition) is 0. The molecule has 0 saturated carbocycles. The Morgan fingerprint density at radius 1 is 1.29 bits per heavy atom. The van der Waals surface area contributed by atoms with Gasteiger partial charge in [0.1, 0.15) is 0 Å². The molecule has 0 N–H and O–H groups in total. The lowest BCUT2D eigenvalue weighted by molar-refractivity contribution is 0.150. The van der Waals surface area contributed by atoms with Gasteiger partial charge in [-0.1, -0.05) is 0 Å². The van der Waals surface area contributed by atoms with Gasteiger partial charge in [-0.15, -0.1) is 11.3 Å². The van der Waals surface area contributed by atoms with Crippen LogP contribution in [0.4, 0.5) is 8.78 Å². The Labute approximate surface area is 85.2 Å². The first-order valence-electron chi connectivity index (χ1n) is 4.36. The van der Waals surface area contributed by atoms with Crippen LogP contribution in [0.3, 0.4) is 0 Å². The molecule has 2 rings (SSSR count). The van der Waals surface area contributed by atoms with Crippen molar-refractivity contribution in [3.63, 3.8) is 0 Å². The summed E-state index contributed by atoms with van der Waals surface area (Å²) < 4.78 is 26.5. The molecule has 0 saturated heterocycles. The van der Waals surface area contributed by atoms with E-state index >= 15 is 0 Å². The molecule has 74 valence electrons. The lowest BCUT2D eigenvalue weighted by Crippen LogP contribution is -1.94. The molecule has 0 aliphatic heterocycles. The highest BCUT2D eigenvalue weighted by molar-refractivity contribution is 7.17. The second-order valence-corrected chi connectivity index (χ2v) is 4.31. The highest BCUT2D eigenvalue weighted by Crippen LogP contribution is 2.34. The molecule has 2 aromatic rings. The summed E-state index contributed by atoms with van der Waals surface area (Å²) in [6, 6.07) is 3.75. The van der Waals surface area contributed by atoms with Crippen LogP contribution < -0.4 is 0 Å². The Kier molecular flexibility index (Phi) is 2.27. The van der Waals surface area contributed by atoms with Gasteiger partial charge >= 0.3 is 0 Å². The molecular formula is C11H10F2S. The highest BCUT2D eigenvalue weighted by Gasteiger charge is 2.16. The summed E-state index contributed by atoms with van der Waals surface area (Å²) in [5.74, 6) is 0. The van der Waals surface area contributed by atoms with Gasteiger partial charge in [0, 0.05) is 10.3 Å². The number of halogens is 2. The third-order valence-electron chi connectivity index (χ3n) is 2.49. The van der Waals surface area contributed by atoms with E-state index in [4.69, 9.17) is 0 Å². The van der Waals surface area contributed by atoms with Gasteiger partial charge in [-0.25, -0.2) is 8.78 Å². The van der Waals surface area contributed by atoms with Crippen LogP contribution in [-0.2, 0) is 0 Å². The van der Waals surface area contributed by atoms with E-state index in [1.807, 2.05) is 17.5 Å². The van der Waals surface area contributed by atoms with E-state index in [1.54, 1.807) is 25.2 Å². The number of hydrogen-bond acceptors (Lipinski definition) is 1. The van der Waals surface area contributed by atoms with Gasteiger partial charge in [-0.2, -0.15) is 0 Å². The fraction of sp³-hybridized carbons (Fsp3) is 0.273. The lowest BCUT2D eigenvalue weighted by Gasteiger charge is -2.09. The molecule has 0 radical (unpaired) electrons. The van der Waals surface area contributed by atoms with E-state index in [2.05, 4.69) is 0 Å². The summed E-state index contributed by atoms with van der Waals surface area (Å²) in [6.07, 6.45) is -2.38. The highest BCUT2D eigenvalue weighted by atomic mass is 32.1. The molecule has 14 heavy (non-hydrogen) atoms. The second-order valence-electron chi connectivity index (χ2n) is 3.37. The Hall–Kier alpha value is -0.960. The Balaban J connectivity index is 2.82. The van der Waals surface area contributed by atoms with Crippen LogP contribution in [0.15, 0.2) is 17.5 Å². The predicted molar refractivity (Wildman–Crippen MR) is 56.3 cm³/mol. The van der Waals surface area contributed by atoms with Crippen molar-refractivity contribution >= 4 is 21.4 Å². The zero-order valence-corrected chi connectivity index (χ0v) is 8.79. The molecule has 0 unspecified atom stereocenters. The van der Waals surface area contributed by atoms with Crippen LogP contribution in [0.2, 0.25) is 0 Å². The van der Waals surface area contributed by atoms with E-state index in [0.717, 1.165) is 15.6 Å². The number of fused-ring (bicyclic) bond motifs is 1. The molecule has 0 atom stereocenters. The van der Waals surface area contributed by atoms with Crippen LogP contribution in [0.5, 0.6) is 0 Å². The fourth-order valence-electron chi connectivity index (χ4n) is 1.79. The molecule has 1 aromatic heterocycles. The van der Waals surface area contributed by atoms with Crippen molar-refractivity contribution in [2.75, 3.05) is 0 Å². The van der Waals surface area contributed by atoms with Gasteiger partial charge in [-0.3, -0.25) is 0 Å². The molecule has 0 fully saturated rings. The van der Waals surface area contributed by atoms with Crippen LogP contribution in [0, 0.1) is 13.8 Å². The van der Waals surface area contributed by atoms with Crippen molar-refractivity contribution < 1.29 is 8.78 Å². The van der Waals surface area contributed by atoms with Crippen LogP contribution in [-0.4, -0.2) is 0 Å². The van der Waals surface area contributed by atoms with Crippen LogP contribution >= 0.6 is 11.3 Å². The van der Waals surface area contributed by atoms with Gasteiger partial charge in [0.25, 0.3) is 6.43 Å². The van der Waals surface area contributed by atoms with E-state index in [-0.39, 0.29) is 5.56 Å². The zero-order valence-electron chi connectivity index (χ0n) is 7.97. The van der Waals surface area contributed by atoms with E-state index in [9.17, 15) is 8.78 Å². The number of thiophene rings is 1. The van der Waals surface area contributed by atoms with Gasteiger partial charge in [0.2, 0.25) is 0 Å². The van der Waals surface area contributed by atoms with Gasteiger partial charge < -0.3 is 0 Å². The van der Waals surface area contributed by atoms with Gasteiger partial charge in [0.05, 0.1) is 0 Å². The summed E-state index contributed by atoms with van der Waals surface area (Å²) in [6.45, 7) is 3.51. The third-order valence-corrected chi connectivity index (χ3v) is 3.36. The molecule has 0 aliphatic carbocycles. The van der Waals surface area contributed by atoms with Crippen LogP contribution in [0.1, 0.15) is 23.1 Å². The summed E-state index contributed by atoms with van der Waals surface area (Å²) in [5, 5.41) is 2.89. The van der Waals surface area contributed by atoms with Gasteiger partial charge in [-0.05, 0) is 47.9 Å². The smallest absolute Gasteiger partial charge is 0.205 e. The minimum absolute atomic E-state index is 0.191.